The number of carbonyl (C=O) groups excluding carboxylic acids is 1. The monoisotopic (exact) mass is 328 g/mol. The van der Waals surface area contributed by atoms with Crippen LogP contribution in [-0.2, 0) is 0 Å². The lowest BCUT2D eigenvalue weighted by atomic mass is 10.1. The van der Waals surface area contributed by atoms with Gasteiger partial charge in [0.05, 0.1) is 0 Å². The van der Waals surface area contributed by atoms with Crippen LogP contribution in [0.1, 0.15) is 27.2 Å². The molecule has 3 rings (SSSR count). The zero-order valence-corrected chi connectivity index (χ0v) is 12.8. The Morgan fingerprint density at radius 2 is 1.90 bits per heavy atom. The van der Waals surface area contributed by atoms with Gasteiger partial charge in [-0.1, -0.05) is 40.2 Å². The SMILES string of the molecule is Cc1ccc(C(=O)c2cc3cccc(C)c3o2)c(Br)c1. The number of hydrogen-bond acceptors (Lipinski definition) is 2. The van der Waals surface area contributed by atoms with Crippen LogP contribution in [-0.4, -0.2) is 5.78 Å². The molecule has 0 saturated carbocycles. The average molecular weight is 329 g/mol. The van der Waals surface area contributed by atoms with Gasteiger partial charge in [0.2, 0.25) is 5.78 Å². The maximum Gasteiger partial charge on any atom is 0.229 e. The molecular weight excluding hydrogens is 316 g/mol. The topological polar surface area (TPSA) is 30.2 Å². The van der Waals surface area contributed by atoms with Gasteiger partial charge < -0.3 is 4.42 Å². The molecule has 0 bridgehead atoms. The zero-order valence-electron chi connectivity index (χ0n) is 11.2. The lowest BCUT2D eigenvalue weighted by Crippen LogP contribution is -2.00. The molecule has 20 heavy (non-hydrogen) atoms. The van der Waals surface area contributed by atoms with Crippen LogP contribution in [0.15, 0.2) is 51.4 Å². The second-order valence-corrected chi connectivity index (χ2v) is 5.77. The Balaban J connectivity index is 2.10. The predicted molar refractivity (Wildman–Crippen MR) is 83.3 cm³/mol. The molecule has 0 unspecified atom stereocenters. The first-order chi connectivity index (χ1) is 9.56. The molecule has 1 aromatic heterocycles. The standard InChI is InChI=1S/C17H13BrO2/c1-10-6-7-13(14(18)8-10)16(19)15-9-12-5-3-4-11(2)17(12)20-15/h3-9H,1-2H3. The van der Waals surface area contributed by atoms with Gasteiger partial charge in [0.15, 0.2) is 5.76 Å². The Bertz CT molecular complexity index is 815. The van der Waals surface area contributed by atoms with Crippen molar-refractivity contribution < 1.29 is 9.21 Å². The number of hydrogen-bond donors (Lipinski definition) is 0. The number of benzene rings is 2. The summed E-state index contributed by atoms with van der Waals surface area (Å²) in [5.74, 6) is 0.270. The van der Waals surface area contributed by atoms with Crippen molar-refractivity contribution >= 4 is 32.7 Å². The summed E-state index contributed by atoms with van der Waals surface area (Å²) in [6.07, 6.45) is 0. The minimum absolute atomic E-state index is 0.104. The molecular formula is C17H13BrO2. The number of fused-ring (bicyclic) bond motifs is 1. The van der Waals surface area contributed by atoms with E-state index in [9.17, 15) is 4.79 Å². The summed E-state index contributed by atoms with van der Waals surface area (Å²) in [5.41, 5.74) is 3.53. The van der Waals surface area contributed by atoms with E-state index in [0.29, 0.717) is 11.3 Å². The molecule has 0 radical (unpaired) electrons. The van der Waals surface area contributed by atoms with Crippen LogP contribution in [0.3, 0.4) is 0 Å². The van der Waals surface area contributed by atoms with E-state index in [0.717, 1.165) is 26.6 Å². The number of furan rings is 1. The molecule has 1 heterocycles. The smallest absolute Gasteiger partial charge is 0.229 e. The molecule has 2 nitrogen and oxygen atoms in total. The Kier molecular flexibility index (Phi) is 3.22. The molecule has 3 aromatic rings. The molecule has 0 aliphatic carbocycles. The molecule has 0 N–H and O–H groups in total. The summed E-state index contributed by atoms with van der Waals surface area (Å²) >= 11 is 3.44. The molecule has 100 valence electrons. The average Bonchev–Trinajstić information content (AvgIpc) is 2.83. The van der Waals surface area contributed by atoms with Crippen molar-refractivity contribution in [2.75, 3.05) is 0 Å². The van der Waals surface area contributed by atoms with Crippen molar-refractivity contribution in [1.82, 2.24) is 0 Å². The summed E-state index contributed by atoms with van der Waals surface area (Å²) in [7, 11) is 0. The number of aryl methyl sites for hydroxylation is 2. The van der Waals surface area contributed by atoms with Crippen LogP contribution in [0.2, 0.25) is 0 Å². The zero-order chi connectivity index (χ0) is 14.3. The Hall–Kier alpha value is -1.87. The molecule has 0 amide bonds. The molecule has 0 spiro atoms. The van der Waals surface area contributed by atoms with Gasteiger partial charge in [-0.15, -0.1) is 0 Å². The van der Waals surface area contributed by atoms with E-state index in [2.05, 4.69) is 15.9 Å². The van der Waals surface area contributed by atoms with Gasteiger partial charge in [0, 0.05) is 15.4 Å². The van der Waals surface area contributed by atoms with Gasteiger partial charge >= 0.3 is 0 Å². The predicted octanol–water partition coefficient (Wildman–Crippen LogP) is 5.04. The highest BCUT2D eigenvalue weighted by atomic mass is 79.9. The largest absolute Gasteiger partial charge is 0.452 e. The van der Waals surface area contributed by atoms with Crippen molar-refractivity contribution in [2.24, 2.45) is 0 Å². The van der Waals surface area contributed by atoms with Crippen molar-refractivity contribution in [3.63, 3.8) is 0 Å². The number of carbonyl (C=O) groups is 1. The Morgan fingerprint density at radius 3 is 2.60 bits per heavy atom. The van der Waals surface area contributed by atoms with Crippen molar-refractivity contribution in [3.8, 4) is 0 Å². The first-order valence-electron chi connectivity index (χ1n) is 6.36. The quantitative estimate of drug-likeness (QED) is 0.616. The first kappa shape index (κ1) is 13.1. The summed E-state index contributed by atoms with van der Waals surface area (Å²) in [6.45, 7) is 3.96. The summed E-state index contributed by atoms with van der Waals surface area (Å²) in [6, 6.07) is 13.4. The fraction of sp³-hybridized carbons (Fsp3) is 0.118. The molecule has 2 aromatic carbocycles. The number of para-hydroxylation sites is 1. The molecule has 3 heteroatoms. The molecule has 0 aliphatic rings. The molecule has 0 atom stereocenters. The first-order valence-corrected chi connectivity index (χ1v) is 7.15. The molecule has 0 fully saturated rings. The third kappa shape index (κ3) is 2.18. The van der Waals surface area contributed by atoms with Crippen LogP contribution < -0.4 is 0 Å². The van der Waals surface area contributed by atoms with Gasteiger partial charge in [0.1, 0.15) is 5.58 Å². The van der Waals surface area contributed by atoms with Crippen LogP contribution in [0.5, 0.6) is 0 Å². The summed E-state index contributed by atoms with van der Waals surface area (Å²) < 4.78 is 6.52. The van der Waals surface area contributed by atoms with Gasteiger partial charge in [-0.25, -0.2) is 0 Å². The third-order valence-electron chi connectivity index (χ3n) is 3.33. The lowest BCUT2D eigenvalue weighted by Gasteiger charge is -2.02. The Morgan fingerprint density at radius 1 is 1.10 bits per heavy atom. The van der Waals surface area contributed by atoms with E-state index < -0.39 is 0 Å². The maximum absolute atomic E-state index is 12.5. The second kappa shape index (κ2) is 4.91. The van der Waals surface area contributed by atoms with Gasteiger partial charge in [-0.05, 0) is 43.2 Å². The molecule has 0 saturated heterocycles. The fourth-order valence-electron chi connectivity index (χ4n) is 2.26. The van der Waals surface area contributed by atoms with E-state index in [1.54, 1.807) is 6.07 Å². The van der Waals surface area contributed by atoms with E-state index in [1.165, 1.54) is 0 Å². The normalized spacial score (nSPS) is 10.9. The highest BCUT2D eigenvalue weighted by Gasteiger charge is 2.17. The highest BCUT2D eigenvalue weighted by Crippen LogP contribution is 2.27. The van der Waals surface area contributed by atoms with Gasteiger partial charge in [-0.3, -0.25) is 4.79 Å². The third-order valence-corrected chi connectivity index (χ3v) is 3.99. The van der Waals surface area contributed by atoms with E-state index in [1.807, 2.05) is 50.2 Å². The maximum atomic E-state index is 12.5. The van der Waals surface area contributed by atoms with Crippen LogP contribution in [0, 0.1) is 13.8 Å². The van der Waals surface area contributed by atoms with Crippen molar-refractivity contribution in [3.05, 3.63) is 69.4 Å². The van der Waals surface area contributed by atoms with E-state index in [-0.39, 0.29) is 5.78 Å². The van der Waals surface area contributed by atoms with E-state index >= 15 is 0 Å². The fourth-order valence-corrected chi connectivity index (χ4v) is 2.93. The minimum atomic E-state index is -0.104. The van der Waals surface area contributed by atoms with Crippen molar-refractivity contribution in [2.45, 2.75) is 13.8 Å². The summed E-state index contributed by atoms with van der Waals surface area (Å²) in [4.78, 5) is 12.5. The lowest BCUT2D eigenvalue weighted by molar-refractivity contribution is 0.101. The van der Waals surface area contributed by atoms with Crippen LogP contribution in [0.25, 0.3) is 11.0 Å². The van der Waals surface area contributed by atoms with E-state index in [4.69, 9.17) is 4.42 Å². The summed E-state index contributed by atoms with van der Waals surface area (Å²) in [5, 5.41) is 0.955. The molecule has 0 aliphatic heterocycles. The highest BCUT2D eigenvalue weighted by molar-refractivity contribution is 9.10. The van der Waals surface area contributed by atoms with Crippen molar-refractivity contribution in [1.29, 1.82) is 0 Å². The number of ketones is 1. The number of halogens is 1. The van der Waals surface area contributed by atoms with Crippen LogP contribution in [0.4, 0.5) is 0 Å². The number of rotatable bonds is 2. The van der Waals surface area contributed by atoms with Crippen LogP contribution >= 0.6 is 15.9 Å². The minimum Gasteiger partial charge on any atom is -0.452 e. The van der Waals surface area contributed by atoms with Gasteiger partial charge in [0.25, 0.3) is 0 Å². The second-order valence-electron chi connectivity index (χ2n) is 4.92. The Labute approximate surface area is 125 Å². The van der Waals surface area contributed by atoms with Gasteiger partial charge in [-0.2, -0.15) is 0 Å².